The molecule has 3 aromatic rings. The van der Waals surface area contributed by atoms with Crippen LogP contribution in [0, 0.1) is 17.2 Å². The summed E-state index contributed by atoms with van der Waals surface area (Å²) in [5, 5.41) is 22.1. The summed E-state index contributed by atoms with van der Waals surface area (Å²) in [4.78, 5) is 14.7. The lowest BCUT2D eigenvalue weighted by atomic mass is 10.00. The summed E-state index contributed by atoms with van der Waals surface area (Å²) in [6.07, 6.45) is 3.64. The normalized spacial score (nSPS) is 15.0. The van der Waals surface area contributed by atoms with Crippen molar-refractivity contribution >= 4 is 45.2 Å². The van der Waals surface area contributed by atoms with Crippen molar-refractivity contribution in [1.29, 1.82) is 5.26 Å². The molecule has 4 rings (SSSR count). The second-order valence-electron chi connectivity index (χ2n) is 7.39. The van der Waals surface area contributed by atoms with E-state index < -0.39 is 5.91 Å². The molecule has 158 valence electrons. The van der Waals surface area contributed by atoms with Gasteiger partial charge in [-0.25, -0.2) is 0 Å². The second kappa shape index (κ2) is 9.33. The van der Waals surface area contributed by atoms with E-state index in [4.69, 9.17) is 16.0 Å². The SMILES string of the molecule is CC1CCN(c2nnc(NC(=O)C(C#N)=Cc3ccc(-c4ccc(Cl)cc4)o3)s2)CC1. The maximum atomic E-state index is 12.6. The van der Waals surface area contributed by atoms with Gasteiger partial charge in [0.2, 0.25) is 10.3 Å². The van der Waals surface area contributed by atoms with Crippen LogP contribution in [0.1, 0.15) is 25.5 Å². The first-order valence-electron chi connectivity index (χ1n) is 9.89. The van der Waals surface area contributed by atoms with Crippen molar-refractivity contribution in [2.75, 3.05) is 23.3 Å². The van der Waals surface area contributed by atoms with E-state index in [2.05, 4.69) is 27.3 Å². The Hall–Kier alpha value is -3.15. The van der Waals surface area contributed by atoms with Crippen molar-refractivity contribution in [2.24, 2.45) is 5.92 Å². The zero-order valence-corrected chi connectivity index (χ0v) is 18.4. The molecule has 1 aliphatic heterocycles. The van der Waals surface area contributed by atoms with Crippen LogP contribution in [-0.2, 0) is 4.79 Å². The predicted octanol–water partition coefficient (Wildman–Crippen LogP) is 5.23. The van der Waals surface area contributed by atoms with E-state index in [0.29, 0.717) is 27.6 Å². The molecule has 1 aliphatic rings. The average molecular weight is 454 g/mol. The average Bonchev–Trinajstić information content (AvgIpc) is 3.43. The molecule has 1 amide bonds. The number of rotatable bonds is 5. The van der Waals surface area contributed by atoms with Gasteiger partial charge in [0.05, 0.1) is 0 Å². The van der Waals surface area contributed by atoms with Gasteiger partial charge in [0.1, 0.15) is 23.2 Å². The molecule has 31 heavy (non-hydrogen) atoms. The van der Waals surface area contributed by atoms with Crippen molar-refractivity contribution in [3.8, 4) is 17.4 Å². The van der Waals surface area contributed by atoms with Crippen LogP contribution in [0.2, 0.25) is 5.02 Å². The third-order valence-electron chi connectivity index (χ3n) is 5.10. The minimum absolute atomic E-state index is 0.0828. The number of piperidine rings is 1. The topological polar surface area (TPSA) is 95.0 Å². The summed E-state index contributed by atoms with van der Waals surface area (Å²) in [6.45, 7) is 4.11. The maximum absolute atomic E-state index is 12.6. The molecule has 0 bridgehead atoms. The van der Waals surface area contributed by atoms with Crippen LogP contribution in [0.3, 0.4) is 0 Å². The number of nitrogens with zero attached hydrogens (tertiary/aromatic N) is 4. The first kappa shape index (κ1) is 21.1. The van der Waals surface area contributed by atoms with E-state index in [9.17, 15) is 10.1 Å². The fourth-order valence-corrected chi connectivity index (χ4v) is 4.17. The molecule has 0 atom stereocenters. The Labute approximate surface area is 189 Å². The van der Waals surface area contributed by atoms with Crippen LogP contribution in [0.5, 0.6) is 0 Å². The first-order chi connectivity index (χ1) is 15.0. The van der Waals surface area contributed by atoms with E-state index in [-0.39, 0.29) is 5.57 Å². The Bertz CT molecular complexity index is 1140. The number of anilines is 2. The van der Waals surface area contributed by atoms with E-state index in [1.165, 1.54) is 17.4 Å². The number of amides is 1. The Morgan fingerprint density at radius 2 is 2.00 bits per heavy atom. The molecule has 1 N–H and O–H groups in total. The van der Waals surface area contributed by atoms with Crippen molar-refractivity contribution in [3.63, 3.8) is 0 Å². The van der Waals surface area contributed by atoms with Crippen LogP contribution < -0.4 is 10.2 Å². The van der Waals surface area contributed by atoms with Crippen LogP contribution >= 0.6 is 22.9 Å². The van der Waals surface area contributed by atoms with Gasteiger partial charge in [-0.2, -0.15) is 5.26 Å². The highest BCUT2D eigenvalue weighted by molar-refractivity contribution is 7.19. The summed E-state index contributed by atoms with van der Waals surface area (Å²) < 4.78 is 5.75. The zero-order chi connectivity index (χ0) is 21.8. The van der Waals surface area contributed by atoms with Gasteiger partial charge in [-0.3, -0.25) is 10.1 Å². The summed E-state index contributed by atoms with van der Waals surface area (Å²) in [6, 6.07) is 12.6. The van der Waals surface area contributed by atoms with Crippen molar-refractivity contribution in [2.45, 2.75) is 19.8 Å². The van der Waals surface area contributed by atoms with E-state index in [1.54, 1.807) is 24.3 Å². The fraction of sp³-hybridized carbons (Fsp3) is 0.273. The molecule has 3 heterocycles. The predicted molar refractivity (Wildman–Crippen MR) is 122 cm³/mol. The molecule has 7 nitrogen and oxygen atoms in total. The standard InChI is InChI=1S/C22H20ClN5O2S/c1-14-8-10-28(11-9-14)22-27-26-21(31-22)25-20(29)16(13-24)12-18-6-7-19(30-18)15-2-4-17(23)5-3-15/h2-7,12,14H,8-11H2,1H3,(H,25,26,29). The lowest BCUT2D eigenvalue weighted by molar-refractivity contribution is -0.112. The van der Waals surface area contributed by atoms with Gasteiger partial charge in [-0.15, -0.1) is 10.2 Å². The van der Waals surface area contributed by atoms with E-state index in [0.717, 1.165) is 36.6 Å². The molecule has 1 aromatic carbocycles. The lowest BCUT2D eigenvalue weighted by Crippen LogP contribution is -2.32. The van der Waals surface area contributed by atoms with Crippen molar-refractivity contribution < 1.29 is 9.21 Å². The minimum atomic E-state index is -0.554. The number of carbonyl (C=O) groups excluding carboxylic acids is 1. The monoisotopic (exact) mass is 453 g/mol. The molecule has 0 unspecified atom stereocenters. The molecule has 0 spiro atoms. The van der Waals surface area contributed by atoms with Crippen LogP contribution in [-0.4, -0.2) is 29.2 Å². The second-order valence-corrected chi connectivity index (χ2v) is 8.78. The number of nitriles is 1. The number of hydrogen-bond acceptors (Lipinski definition) is 7. The third-order valence-corrected chi connectivity index (χ3v) is 6.25. The number of benzene rings is 1. The Kier molecular flexibility index (Phi) is 6.35. The largest absolute Gasteiger partial charge is 0.457 e. The summed E-state index contributed by atoms with van der Waals surface area (Å²) in [7, 11) is 0. The molecule has 0 radical (unpaired) electrons. The Balaban J connectivity index is 1.43. The van der Waals surface area contributed by atoms with Crippen molar-refractivity contribution in [3.05, 3.63) is 52.8 Å². The quantitative estimate of drug-likeness (QED) is 0.419. The van der Waals surface area contributed by atoms with Crippen LogP contribution in [0.4, 0.5) is 10.3 Å². The highest BCUT2D eigenvalue weighted by Gasteiger charge is 2.20. The first-order valence-corrected chi connectivity index (χ1v) is 11.1. The molecule has 2 aromatic heterocycles. The summed E-state index contributed by atoms with van der Waals surface area (Å²) >= 11 is 7.22. The van der Waals surface area contributed by atoms with E-state index in [1.807, 2.05) is 18.2 Å². The Morgan fingerprint density at radius 1 is 1.26 bits per heavy atom. The molecule has 1 saturated heterocycles. The maximum Gasteiger partial charge on any atom is 0.268 e. The molecule has 0 saturated carbocycles. The van der Waals surface area contributed by atoms with Gasteiger partial charge in [-0.1, -0.05) is 29.9 Å². The lowest BCUT2D eigenvalue weighted by Gasteiger charge is -2.29. The number of carbonyl (C=O) groups is 1. The number of aromatic nitrogens is 2. The number of hydrogen-bond donors (Lipinski definition) is 1. The third kappa shape index (κ3) is 5.13. The number of furan rings is 1. The van der Waals surface area contributed by atoms with Gasteiger partial charge in [0.15, 0.2) is 0 Å². The zero-order valence-electron chi connectivity index (χ0n) is 16.8. The number of halogens is 1. The van der Waals surface area contributed by atoms with Crippen molar-refractivity contribution in [1.82, 2.24) is 10.2 Å². The van der Waals surface area contributed by atoms with Gasteiger partial charge < -0.3 is 9.32 Å². The molecular weight excluding hydrogens is 434 g/mol. The summed E-state index contributed by atoms with van der Waals surface area (Å²) in [5.74, 6) is 1.18. The number of nitrogens with one attached hydrogen (secondary N) is 1. The smallest absolute Gasteiger partial charge is 0.268 e. The summed E-state index contributed by atoms with van der Waals surface area (Å²) in [5.41, 5.74) is 0.765. The fourth-order valence-electron chi connectivity index (χ4n) is 3.25. The van der Waals surface area contributed by atoms with Gasteiger partial charge >= 0.3 is 0 Å². The molecule has 1 fully saturated rings. The highest BCUT2D eigenvalue weighted by Crippen LogP contribution is 2.29. The van der Waals surface area contributed by atoms with Gasteiger partial charge in [0.25, 0.3) is 5.91 Å². The minimum Gasteiger partial charge on any atom is -0.457 e. The van der Waals surface area contributed by atoms with Gasteiger partial charge in [0, 0.05) is 29.8 Å². The molecular formula is C22H20ClN5O2S. The van der Waals surface area contributed by atoms with Gasteiger partial charge in [-0.05, 0) is 55.2 Å². The molecule has 9 heteroatoms. The highest BCUT2D eigenvalue weighted by atomic mass is 35.5. The van der Waals surface area contributed by atoms with Crippen LogP contribution in [0.25, 0.3) is 17.4 Å². The molecule has 0 aliphatic carbocycles. The van der Waals surface area contributed by atoms with E-state index >= 15 is 0 Å². The van der Waals surface area contributed by atoms with Crippen LogP contribution in [0.15, 0.2) is 46.4 Å². The Morgan fingerprint density at radius 3 is 2.71 bits per heavy atom.